The number of hydrogen-bond donors (Lipinski definition) is 1. The molecule has 3 saturated heterocycles. The first kappa shape index (κ1) is 11.4. The number of nitrogens with zero attached hydrogens (tertiary/aromatic N) is 4. The molecule has 0 saturated carbocycles. The molecule has 2 atom stereocenters. The highest BCUT2D eigenvalue weighted by atomic mass is 35.5. The van der Waals surface area contributed by atoms with Gasteiger partial charge in [-0.1, -0.05) is 11.6 Å². The highest BCUT2D eigenvalue weighted by Crippen LogP contribution is 2.29. The lowest BCUT2D eigenvalue weighted by molar-refractivity contribution is 0.225. The van der Waals surface area contributed by atoms with Crippen molar-refractivity contribution >= 4 is 28.2 Å². The highest BCUT2D eigenvalue weighted by Gasteiger charge is 2.36. The van der Waals surface area contributed by atoms with Gasteiger partial charge in [-0.05, 0) is 19.4 Å². The van der Waals surface area contributed by atoms with Crippen molar-refractivity contribution < 1.29 is 0 Å². The molecule has 19 heavy (non-hydrogen) atoms. The van der Waals surface area contributed by atoms with Crippen LogP contribution in [0.4, 0.5) is 5.82 Å². The second kappa shape index (κ2) is 4.02. The Kier molecular flexibility index (Phi) is 2.40. The number of anilines is 1. The topological polar surface area (TPSA) is 53.9 Å². The lowest BCUT2D eigenvalue weighted by Crippen LogP contribution is -2.67. The van der Waals surface area contributed by atoms with Gasteiger partial charge in [-0.25, -0.2) is 4.98 Å². The summed E-state index contributed by atoms with van der Waals surface area (Å²) in [6.07, 6.45) is 3.14. The molecule has 2 unspecified atom stereocenters. The fourth-order valence-electron chi connectivity index (χ4n) is 3.00. The number of nitrogens with one attached hydrogen (secondary N) is 1. The molecule has 0 spiro atoms. The molecule has 0 radical (unpaired) electrons. The Morgan fingerprint density at radius 2 is 2.00 bits per heavy atom. The number of aromatic nitrogens is 3. The lowest BCUT2D eigenvalue weighted by Gasteiger charge is -2.48. The van der Waals surface area contributed by atoms with Crippen molar-refractivity contribution in [1.82, 2.24) is 20.5 Å². The molecule has 1 N–H and O–H groups in total. The maximum absolute atomic E-state index is 6.15. The standard InChI is InChI=1S/C13H14ClN5/c1-7-11-4-15-12(3-10(11)13(14)18-17-7)19-5-8-2-9(6-19)16-8/h3-4,8-9,16H,2,5-6H2,1H3. The molecule has 98 valence electrons. The predicted molar refractivity (Wildman–Crippen MR) is 74.6 cm³/mol. The van der Waals surface area contributed by atoms with Crippen molar-refractivity contribution in [1.29, 1.82) is 0 Å². The fourth-order valence-corrected chi connectivity index (χ4v) is 3.20. The molecular weight excluding hydrogens is 262 g/mol. The van der Waals surface area contributed by atoms with E-state index >= 15 is 0 Å². The maximum Gasteiger partial charge on any atom is 0.159 e. The molecule has 5 heterocycles. The first-order chi connectivity index (χ1) is 9.20. The Morgan fingerprint density at radius 1 is 1.26 bits per heavy atom. The van der Waals surface area contributed by atoms with E-state index in [1.807, 2.05) is 19.2 Å². The fraction of sp³-hybridized carbons (Fsp3) is 0.462. The quantitative estimate of drug-likeness (QED) is 0.856. The molecule has 2 bridgehead atoms. The van der Waals surface area contributed by atoms with E-state index in [4.69, 9.17) is 11.6 Å². The number of piperazine rings is 1. The van der Waals surface area contributed by atoms with Crippen LogP contribution in [-0.4, -0.2) is 40.4 Å². The minimum atomic E-state index is 0.449. The summed E-state index contributed by atoms with van der Waals surface area (Å²) < 4.78 is 0. The van der Waals surface area contributed by atoms with Gasteiger partial charge in [0.05, 0.1) is 5.69 Å². The first-order valence-electron chi connectivity index (χ1n) is 6.50. The number of halogens is 1. The minimum Gasteiger partial charge on any atom is -0.353 e. The Labute approximate surface area is 116 Å². The summed E-state index contributed by atoms with van der Waals surface area (Å²) in [7, 11) is 0. The minimum absolute atomic E-state index is 0.449. The zero-order valence-corrected chi connectivity index (χ0v) is 11.4. The molecule has 0 aromatic carbocycles. The van der Waals surface area contributed by atoms with Crippen molar-refractivity contribution in [2.45, 2.75) is 25.4 Å². The van der Waals surface area contributed by atoms with Crippen LogP contribution in [-0.2, 0) is 0 Å². The second-order valence-electron chi connectivity index (χ2n) is 5.37. The average molecular weight is 276 g/mol. The van der Waals surface area contributed by atoms with Crippen LogP contribution in [0.15, 0.2) is 12.3 Å². The molecule has 6 heteroatoms. The Balaban J connectivity index is 1.77. The van der Waals surface area contributed by atoms with Gasteiger partial charge in [-0.2, -0.15) is 5.10 Å². The van der Waals surface area contributed by atoms with Crippen LogP contribution in [0.5, 0.6) is 0 Å². The van der Waals surface area contributed by atoms with Crippen LogP contribution >= 0.6 is 11.6 Å². The molecule has 2 aromatic rings. The number of hydrogen-bond acceptors (Lipinski definition) is 5. The zero-order valence-electron chi connectivity index (χ0n) is 10.6. The summed E-state index contributed by atoms with van der Waals surface area (Å²) in [6, 6.07) is 3.26. The summed E-state index contributed by atoms with van der Waals surface area (Å²) in [4.78, 5) is 6.88. The van der Waals surface area contributed by atoms with Crippen molar-refractivity contribution in [3.8, 4) is 0 Å². The van der Waals surface area contributed by atoms with Gasteiger partial charge in [0, 0.05) is 42.1 Å². The third-order valence-electron chi connectivity index (χ3n) is 4.04. The van der Waals surface area contributed by atoms with Crippen LogP contribution in [0.2, 0.25) is 5.15 Å². The maximum atomic E-state index is 6.15. The van der Waals surface area contributed by atoms with E-state index in [-0.39, 0.29) is 0 Å². The van der Waals surface area contributed by atoms with E-state index in [9.17, 15) is 0 Å². The van der Waals surface area contributed by atoms with Crippen LogP contribution in [0, 0.1) is 6.92 Å². The van der Waals surface area contributed by atoms with Crippen LogP contribution in [0.3, 0.4) is 0 Å². The zero-order chi connectivity index (χ0) is 13.0. The highest BCUT2D eigenvalue weighted by molar-refractivity contribution is 6.34. The first-order valence-corrected chi connectivity index (χ1v) is 6.88. The number of piperidine rings is 1. The molecule has 2 aromatic heterocycles. The summed E-state index contributed by atoms with van der Waals surface area (Å²) in [5, 5.41) is 13.9. The SMILES string of the molecule is Cc1nnc(Cl)c2cc(N3CC4CC(C3)N4)ncc12. The molecule has 0 amide bonds. The molecule has 3 fully saturated rings. The van der Waals surface area contributed by atoms with E-state index in [1.165, 1.54) is 6.42 Å². The monoisotopic (exact) mass is 275 g/mol. The van der Waals surface area contributed by atoms with Crippen molar-refractivity contribution in [2.75, 3.05) is 18.0 Å². The van der Waals surface area contributed by atoms with Crippen molar-refractivity contribution in [3.63, 3.8) is 0 Å². The number of aryl methyl sites for hydroxylation is 1. The largest absolute Gasteiger partial charge is 0.353 e. The van der Waals surface area contributed by atoms with E-state index < -0.39 is 0 Å². The van der Waals surface area contributed by atoms with Gasteiger partial charge >= 0.3 is 0 Å². The van der Waals surface area contributed by atoms with E-state index in [0.717, 1.165) is 35.4 Å². The summed E-state index contributed by atoms with van der Waals surface area (Å²) in [6.45, 7) is 3.96. The van der Waals surface area contributed by atoms with Gasteiger partial charge in [-0.3, -0.25) is 0 Å². The van der Waals surface area contributed by atoms with Crippen LogP contribution in [0.1, 0.15) is 12.1 Å². The van der Waals surface area contributed by atoms with Gasteiger partial charge in [0.25, 0.3) is 0 Å². The molecule has 3 aliphatic rings. The van der Waals surface area contributed by atoms with Gasteiger partial charge in [-0.15, -0.1) is 5.10 Å². The molecule has 0 aliphatic carbocycles. The van der Waals surface area contributed by atoms with Gasteiger partial charge in [0.2, 0.25) is 0 Å². The van der Waals surface area contributed by atoms with Gasteiger partial charge < -0.3 is 10.2 Å². The smallest absolute Gasteiger partial charge is 0.159 e. The Morgan fingerprint density at radius 3 is 2.74 bits per heavy atom. The predicted octanol–water partition coefficient (Wildman–Crippen LogP) is 1.54. The summed E-state index contributed by atoms with van der Waals surface area (Å²) in [5.41, 5.74) is 0.863. The van der Waals surface area contributed by atoms with E-state index in [0.29, 0.717) is 17.2 Å². The molecular formula is C13H14ClN5. The lowest BCUT2D eigenvalue weighted by atomic mass is 9.91. The average Bonchev–Trinajstić information content (AvgIpc) is 2.42. The van der Waals surface area contributed by atoms with Crippen LogP contribution in [0.25, 0.3) is 10.8 Å². The molecule has 5 rings (SSSR count). The number of fused-ring (bicyclic) bond motifs is 3. The Bertz CT molecular complexity index is 643. The van der Waals surface area contributed by atoms with E-state index in [1.54, 1.807) is 0 Å². The number of pyridine rings is 1. The summed E-state index contributed by atoms with van der Waals surface area (Å²) >= 11 is 6.15. The second-order valence-corrected chi connectivity index (χ2v) is 5.72. The third kappa shape index (κ3) is 1.76. The normalized spacial score (nSPS) is 25.5. The molecule has 3 aliphatic heterocycles. The van der Waals surface area contributed by atoms with E-state index in [2.05, 4.69) is 25.4 Å². The van der Waals surface area contributed by atoms with Crippen molar-refractivity contribution in [2.24, 2.45) is 0 Å². The summed E-state index contributed by atoms with van der Waals surface area (Å²) in [5.74, 6) is 0.984. The molecule has 5 nitrogen and oxygen atoms in total. The van der Waals surface area contributed by atoms with Crippen molar-refractivity contribution in [3.05, 3.63) is 23.1 Å². The third-order valence-corrected chi connectivity index (χ3v) is 4.31. The van der Waals surface area contributed by atoms with Crippen LogP contribution < -0.4 is 10.2 Å². The Hall–Kier alpha value is -1.46. The van der Waals surface area contributed by atoms with Gasteiger partial charge in [0.15, 0.2) is 5.15 Å². The van der Waals surface area contributed by atoms with Gasteiger partial charge in [0.1, 0.15) is 5.82 Å². The number of rotatable bonds is 1.